The first-order valence-corrected chi connectivity index (χ1v) is 5.95. The summed E-state index contributed by atoms with van der Waals surface area (Å²) < 4.78 is 5.38. The van der Waals surface area contributed by atoms with Crippen molar-refractivity contribution >= 4 is 17.5 Å². The molecular formula is C12H15ClN2O2. The van der Waals surface area contributed by atoms with E-state index >= 15 is 0 Å². The predicted octanol–water partition coefficient (Wildman–Crippen LogP) is 1.28. The fourth-order valence-corrected chi connectivity index (χ4v) is 2.00. The molecule has 17 heavy (non-hydrogen) atoms. The number of rotatable bonds is 3. The Morgan fingerprint density at radius 3 is 2.94 bits per heavy atom. The number of ether oxygens (including phenoxy) is 1. The molecule has 4 nitrogen and oxygen atoms in total. The average molecular weight is 255 g/mol. The van der Waals surface area contributed by atoms with Crippen molar-refractivity contribution in [3.63, 3.8) is 0 Å². The van der Waals surface area contributed by atoms with Crippen LogP contribution in [-0.2, 0) is 4.79 Å². The van der Waals surface area contributed by atoms with E-state index in [1.807, 2.05) is 12.1 Å². The van der Waals surface area contributed by atoms with Gasteiger partial charge in [0.05, 0.1) is 5.02 Å². The van der Waals surface area contributed by atoms with Crippen LogP contribution >= 0.6 is 11.6 Å². The number of nitrogens with two attached hydrogens (primary N) is 1. The Kier molecular flexibility index (Phi) is 3.86. The molecule has 1 heterocycles. The van der Waals surface area contributed by atoms with Gasteiger partial charge in [0.25, 0.3) is 5.91 Å². The van der Waals surface area contributed by atoms with E-state index in [4.69, 9.17) is 22.1 Å². The standard InChI is InChI=1S/C12H15ClN2O2/c13-10-3-1-2-4-11(10)17-8-12(16)15-6-5-9(14)7-15/h1-4,9H,5-8,14H2/t9-/m1/s1. The number of benzene rings is 1. The summed E-state index contributed by atoms with van der Waals surface area (Å²) in [6.07, 6.45) is 0.859. The van der Waals surface area contributed by atoms with Crippen molar-refractivity contribution in [1.29, 1.82) is 0 Å². The Balaban J connectivity index is 1.86. The van der Waals surface area contributed by atoms with Crippen molar-refractivity contribution in [3.05, 3.63) is 29.3 Å². The number of amides is 1. The molecule has 0 radical (unpaired) electrons. The number of halogens is 1. The summed E-state index contributed by atoms with van der Waals surface area (Å²) in [5, 5.41) is 0.512. The highest BCUT2D eigenvalue weighted by molar-refractivity contribution is 6.32. The topological polar surface area (TPSA) is 55.6 Å². The summed E-state index contributed by atoms with van der Waals surface area (Å²) in [6.45, 7) is 1.34. The second-order valence-corrected chi connectivity index (χ2v) is 4.51. The second-order valence-electron chi connectivity index (χ2n) is 4.11. The van der Waals surface area contributed by atoms with E-state index in [-0.39, 0.29) is 18.6 Å². The normalized spacial score (nSPS) is 19.4. The Labute approximate surface area is 105 Å². The Morgan fingerprint density at radius 1 is 1.53 bits per heavy atom. The van der Waals surface area contributed by atoms with Crippen LogP contribution in [0, 0.1) is 0 Å². The van der Waals surface area contributed by atoms with Crippen LogP contribution in [0.5, 0.6) is 5.75 Å². The molecule has 0 bridgehead atoms. The van der Waals surface area contributed by atoms with Gasteiger partial charge in [-0.2, -0.15) is 0 Å². The van der Waals surface area contributed by atoms with Gasteiger partial charge in [0.15, 0.2) is 6.61 Å². The molecule has 1 aliphatic rings. The molecule has 92 valence electrons. The lowest BCUT2D eigenvalue weighted by molar-refractivity contribution is -0.132. The molecule has 0 aromatic heterocycles. The second kappa shape index (κ2) is 5.38. The minimum Gasteiger partial charge on any atom is -0.482 e. The fraction of sp³-hybridized carbons (Fsp3) is 0.417. The quantitative estimate of drug-likeness (QED) is 0.884. The molecule has 1 aromatic rings. The molecule has 0 unspecified atom stereocenters. The lowest BCUT2D eigenvalue weighted by Crippen LogP contribution is -2.35. The van der Waals surface area contributed by atoms with Crippen LogP contribution in [0.3, 0.4) is 0 Å². The third-order valence-electron chi connectivity index (χ3n) is 2.77. The molecule has 0 saturated carbocycles. The van der Waals surface area contributed by atoms with Gasteiger partial charge in [-0.3, -0.25) is 4.79 Å². The molecule has 2 rings (SSSR count). The molecule has 1 aromatic carbocycles. The monoisotopic (exact) mass is 254 g/mol. The van der Waals surface area contributed by atoms with E-state index in [0.29, 0.717) is 23.9 Å². The van der Waals surface area contributed by atoms with Crippen LogP contribution in [0.4, 0.5) is 0 Å². The van der Waals surface area contributed by atoms with E-state index in [1.54, 1.807) is 17.0 Å². The summed E-state index contributed by atoms with van der Waals surface area (Å²) in [5.74, 6) is 0.490. The zero-order valence-electron chi connectivity index (χ0n) is 9.43. The molecule has 0 aliphatic carbocycles. The maximum atomic E-state index is 11.8. The molecule has 0 spiro atoms. The summed E-state index contributed by atoms with van der Waals surface area (Å²) >= 11 is 5.92. The maximum Gasteiger partial charge on any atom is 0.260 e. The van der Waals surface area contributed by atoms with Gasteiger partial charge in [-0.05, 0) is 18.6 Å². The zero-order valence-corrected chi connectivity index (χ0v) is 10.2. The SMILES string of the molecule is N[C@@H]1CCN(C(=O)COc2ccccc2Cl)C1. The Morgan fingerprint density at radius 2 is 2.29 bits per heavy atom. The van der Waals surface area contributed by atoms with Crippen LogP contribution < -0.4 is 10.5 Å². The van der Waals surface area contributed by atoms with Crippen molar-refractivity contribution in [2.75, 3.05) is 19.7 Å². The first-order chi connectivity index (χ1) is 8.16. The number of carbonyl (C=O) groups excluding carboxylic acids is 1. The number of hydrogen-bond donors (Lipinski definition) is 1. The average Bonchev–Trinajstić information content (AvgIpc) is 2.74. The van der Waals surface area contributed by atoms with E-state index in [1.165, 1.54) is 0 Å². The molecule has 5 heteroatoms. The lowest BCUT2D eigenvalue weighted by Gasteiger charge is -2.16. The largest absolute Gasteiger partial charge is 0.482 e. The maximum absolute atomic E-state index is 11.8. The van der Waals surface area contributed by atoms with Crippen molar-refractivity contribution in [3.8, 4) is 5.75 Å². The zero-order chi connectivity index (χ0) is 12.3. The van der Waals surface area contributed by atoms with Crippen molar-refractivity contribution < 1.29 is 9.53 Å². The van der Waals surface area contributed by atoms with Crippen LogP contribution in [0.2, 0.25) is 5.02 Å². The molecule has 2 N–H and O–H groups in total. The van der Waals surface area contributed by atoms with Gasteiger partial charge in [0, 0.05) is 19.1 Å². The van der Waals surface area contributed by atoms with Crippen molar-refractivity contribution in [2.24, 2.45) is 5.73 Å². The van der Waals surface area contributed by atoms with E-state index in [0.717, 1.165) is 6.42 Å². The van der Waals surface area contributed by atoms with Gasteiger partial charge in [0.1, 0.15) is 5.75 Å². The third kappa shape index (κ3) is 3.11. The lowest BCUT2D eigenvalue weighted by atomic mass is 10.3. The summed E-state index contributed by atoms with van der Waals surface area (Å²) in [4.78, 5) is 13.5. The first-order valence-electron chi connectivity index (χ1n) is 5.57. The van der Waals surface area contributed by atoms with Crippen LogP contribution in [-0.4, -0.2) is 36.5 Å². The molecule has 1 fully saturated rings. The summed E-state index contributed by atoms with van der Waals surface area (Å²) in [5.41, 5.74) is 5.74. The van der Waals surface area contributed by atoms with Gasteiger partial charge < -0.3 is 15.4 Å². The highest BCUT2D eigenvalue weighted by Gasteiger charge is 2.23. The first kappa shape index (κ1) is 12.2. The third-order valence-corrected chi connectivity index (χ3v) is 3.08. The van der Waals surface area contributed by atoms with Crippen LogP contribution in [0.15, 0.2) is 24.3 Å². The number of carbonyl (C=O) groups is 1. The highest BCUT2D eigenvalue weighted by atomic mass is 35.5. The Hall–Kier alpha value is -1.26. The summed E-state index contributed by atoms with van der Waals surface area (Å²) in [6, 6.07) is 7.20. The predicted molar refractivity (Wildman–Crippen MR) is 66.1 cm³/mol. The van der Waals surface area contributed by atoms with Gasteiger partial charge in [-0.1, -0.05) is 23.7 Å². The van der Waals surface area contributed by atoms with Crippen LogP contribution in [0.25, 0.3) is 0 Å². The minimum atomic E-state index is -0.0436. The molecule has 1 aliphatic heterocycles. The number of likely N-dealkylation sites (tertiary alicyclic amines) is 1. The van der Waals surface area contributed by atoms with Crippen LogP contribution in [0.1, 0.15) is 6.42 Å². The molecule has 1 saturated heterocycles. The molecule has 1 atom stereocenters. The van der Waals surface area contributed by atoms with Crippen molar-refractivity contribution in [2.45, 2.75) is 12.5 Å². The van der Waals surface area contributed by atoms with Gasteiger partial charge in [-0.25, -0.2) is 0 Å². The van der Waals surface area contributed by atoms with E-state index in [9.17, 15) is 4.79 Å². The Bertz CT molecular complexity index is 411. The van der Waals surface area contributed by atoms with Crippen molar-refractivity contribution in [1.82, 2.24) is 4.90 Å². The smallest absolute Gasteiger partial charge is 0.260 e. The highest BCUT2D eigenvalue weighted by Crippen LogP contribution is 2.23. The van der Waals surface area contributed by atoms with E-state index in [2.05, 4.69) is 0 Å². The fourth-order valence-electron chi connectivity index (χ4n) is 1.81. The molecular weight excluding hydrogens is 240 g/mol. The molecule has 1 amide bonds. The number of nitrogens with zero attached hydrogens (tertiary/aromatic N) is 1. The van der Waals surface area contributed by atoms with E-state index < -0.39 is 0 Å². The summed E-state index contributed by atoms with van der Waals surface area (Å²) in [7, 11) is 0. The number of hydrogen-bond acceptors (Lipinski definition) is 3. The number of para-hydroxylation sites is 1. The van der Waals surface area contributed by atoms with Gasteiger partial charge in [0.2, 0.25) is 0 Å². The minimum absolute atomic E-state index is 0.0104. The van der Waals surface area contributed by atoms with Gasteiger partial charge in [-0.15, -0.1) is 0 Å². The van der Waals surface area contributed by atoms with Gasteiger partial charge >= 0.3 is 0 Å².